The van der Waals surface area contributed by atoms with Gasteiger partial charge in [-0.05, 0) is 36.8 Å². The Morgan fingerprint density at radius 1 is 1.00 bits per heavy atom. The van der Waals surface area contributed by atoms with Crippen molar-refractivity contribution < 1.29 is 23.8 Å². The molecule has 0 aromatic heterocycles. The highest BCUT2D eigenvalue weighted by Crippen LogP contribution is 2.30. The first-order valence-corrected chi connectivity index (χ1v) is 9.35. The molecule has 0 saturated heterocycles. The van der Waals surface area contributed by atoms with Crippen LogP contribution in [0.1, 0.15) is 22.8 Å². The number of thioether (sulfide) groups is 1. The van der Waals surface area contributed by atoms with E-state index >= 15 is 0 Å². The lowest BCUT2D eigenvalue weighted by molar-refractivity contribution is -0.115. The Kier molecular flexibility index (Phi) is 7.55. The van der Waals surface area contributed by atoms with Crippen molar-refractivity contribution in [1.82, 2.24) is 0 Å². The molecule has 1 unspecified atom stereocenters. The highest BCUT2D eigenvalue weighted by molar-refractivity contribution is 7.99. The normalized spacial score (nSPS) is 11.4. The molecule has 144 valence electrons. The van der Waals surface area contributed by atoms with Gasteiger partial charge in [-0.1, -0.05) is 12.1 Å². The Morgan fingerprint density at radius 2 is 1.67 bits per heavy atom. The van der Waals surface area contributed by atoms with Gasteiger partial charge in [0.1, 0.15) is 0 Å². The van der Waals surface area contributed by atoms with E-state index in [1.807, 2.05) is 19.1 Å². The maximum Gasteiger partial charge on any atom is 0.337 e. The number of methoxy groups -OCH3 is 3. The van der Waals surface area contributed by atoms with E-state index in [2.05, 4.69) is 10.1 Å². The Labute approximate surface area is 163 Å². The number of rotatable bonds is 8. The first kappa shape index (κ1) is 20.6. The SMILES string of the molecule is COC(=O)c1ccc(CSC(C)C(=O)Nc2ccc(OC)c(OC)c2)cc1. The van der Waals surface area contributed by atoms with Gasteiger partial charge in [-0.25, -0.2) is 4.79 Å². The zero-order chi connectivity index (χ0) is 19.8. The predicted octanol–water partition coefficient (Wildman–Crippen LogP) is 3.75. The Hall–Kier alpha value is -2.67. The van der Waals surface area contributed by atoms with Gasteiger partial charge in [-0.2, -0.15) is 0 Å². The fraction of sp³-hybridized carbons (Fsp3) is 0.300. The number of anilines is 1. The number of hydrogen-bond acceptors (Lipinski definition) is 6. The third-order valence-electron chi connectivity index (χ3n) is 3.90. The van der Waals surface area contributed by atoms with E-state index in [1.165, 1.54) is 18.9 Å². The van der Waals surface area contributed by atoms with Gasteiger partial charge < -0.3 is 19.5 Å². The molecule has 0 radical (unpaired) electrons. The van der Waals surface area contributed by atoms with Crippen LogP contribution in [0.2, 0.25) is 0 Å². The summed E-state index contributed by atoms with van der Waals surface area (Å²) in [4.78, 5) is 23.8. The average molecular weight is 389 g/mol. The minimum Gasteiger partial charge on any atom is -0.493 e. The van der Waals surface area contributed by atoms with Crippen LogP contribution >= 0.6 is 11.8 Å². The largest absolute Gasteiger partial charge is 0.493 e. The van der Waals surface area contributed by atoms with Crippen LogP contribution < -0.4 is 14.8 Å². The molecule has 1 N–H and O–H groups in total. The van der Waals surface area contributed by atoms with Gasteiger partial charge in [0.15, 0.2) is 11.5 Å². The summed E-state index contributed by atoms with van der Waals surface area (Å²) in [6.07, 6.45) is 0. The van der Waals surface area contributed by atoms with Crippen LogP contribution in [0.3, 0.4) is 0 Å². The molecule has 0 spiro atoms. The fourth-order valence-corrected chi connectivity index (χ4v) is 3.15. The molecular weight excluding hydrogens is 366 g/mol. The van der Waals surface area contributed by atoms with Crippen LogP contribution in [0.15, 0.2) is 42.5 Å². The van der Waals surface area contributed by atoms with Crippen molar-refractivity contribution >= 4 is 29.3 Å². The molecule has 6 nitrogen and oxygen atoms in total. The number of nitrogens with one attached hydrogen (secondary N) is 1. The van der Waals surface area contributed by atoms with Crippen LogP contribution in [0.5, 0.6) is 11.5 Å². The number of benzene rings is 2. The molecule has 2 aromatic rings. The lowest BCUT2D eigenvalue weighted by atomic mass is 10.1. The number of hydrogen-bond donors (Lipinski definition) is 1. The van der Waals surface area contributed by atoms with Crippen molar-refractivity contribution in [2.45, 2.75) is 17.9 Å². The highest BCUT2D eigenvalue weighted by atomic mass is 32.2. The van der Waals surface area contributed by atoms with E-state index in [9.17, 15) is 9.59 Å². The van der Waals surface area contributed by atoms with Gasteiger partial charge >= 0.3 is 5.97 Å². The zero-order valence-corrected chi connectivity index (χ0v) is 16.6. The van der Waals surface area contributed by atoms with E-state index in [-0.39, 0.29) is 17.1 Å². The molecule has 2 aromatic carbocycles. The average Bonchev–Trinajstić information content (AvgIpc) is 2.71. The maximum absolute atomic E-state index is 12.4. The highest BCUT2D eigenvalue weighted by Gasteiger charge is 2.15. The van der Waals surface area contributed by atoms with Crippen molar-refractivity contribution in [3.63, 3.8) is 0 Å². The second-order valence-electron chi connectivity index (χ2n) is 5.70. The molecular formula is C20H23NO5S. The van der Waals surface area contributed by atoms with Crippen molar-refractivity contribution in [3.8, 4) is 11.5 Å². The fourth-order valence-electron chi connectivity index (χ4n) is 2.31. The molecule has 0 fully saturated rings. The number of amides is 1. The van der Waals surface area contributed by atoms with Crippen molar-refractivity contribution in [3.05, 3.63) is 53.6 Å². The molecule has 27 heavy (non-hydrogen) atoms. The minimum absolute atomic E-state index is 0.0987. The monoisotopic (exact) mass is 389 g/mol. The lowest BCUT2D eigenvalue weighted by Gasteiger charge is -2.14. The van der Waals surface area contributed by atoms with Crippen LogP contribution in [-0.2, 0) is 15.3 Å². The van der Waals surface area contributed by atoms with E-state index in [4.69, 9.17) is 9.47 Å². The number of ether oxygens (including phenoxy) is 3. The second-order valence-corrected chi connectivity index (χ2v) is 7.03. The zero-order valence-electron chi connectivity index (χ0n) is 15.8. The quantitative estimate of drug-likeness (QED) is 0.693. The summed E-state index contributed by atoms with van der Waals surface area (Å²) in [7, 11) is 4.46. The first-order chi connectivity index (χ1) is 13.0. The van der Waals surface area contributed by atoms with Gasteiger partial charge in [0.05, 0.1) is 32.1 Å². The standard InChI is InChI=1S/C20H23NO5S/c1-13(27-12-14-5-7-15(8-6-14)20(23)26-4)19(22)21-16-9-10-17(24-2)18(11-16)25-3/h5-11,13H,12H2,1-4H3,(H,21,22). The molecule has 2 rings (SSSR count). The van der Waals surface area contributed by atoms with Crippen LogP contribution in [0, 0.1) is 0 Å². The Balaban J connectivity index is 1.91. The number of carbonyl (C=O) groups excluding carboxylic acids is 2. The smallest absolute Gasteiger partial charge is 0.337 e. The van der Waals surface area contributed by atoms with Gasteiger partial charge in [0.25, 0.3) is 0 Å². The molecule has 0 aliphatic carbocycles. The van der Waals surface area contributed by atoms with E-state index in [0.29, 0.717) is 28.5 Å². The van der Waals surface area contributed by atoms with Crippen LogP contribution in [0.25, 0.3) is 0 Å². The summed E-state index contributed by atoms with van der Waals surface area (Å²) >= 11 is 1.51. The molecule has 0 heterocycles. The Morgan fingerprint density at radius 3 is 2.26 bits per heavy atom. The van der Waals surface area contributed by atoms with Crippen LogP contribution in [0.4, 0.5) is 5.69 Å². The second kappa shape index (κ2) is 9.87. The summed E-state index contributed by atoms with van der Waals surface area (Å²) in [6.45, 7) is 1.85. The summed E-state index contributed by atoms with van der Waals surface area (Å²) in [5.41, 5.74) is 2.18. The van der Waals surface area contributed by atoms with Gasteiger partial charge in [-0.15, -0.1) is 11.8 Å². The van der Waals surface area contributed by atoms with E-state index in [0.717, 1.165) is 5.56 Å². The van der Waals surface area contributed by atoms with Crippen molar-refractivity contribution in [1.29, 1.82) is 0 Å². The molecule has 1 amide bonds. The predicted molar refractivity (Wildman–Crippen MR) is 107 cm³/mol. The summed E-state index contributed by atoms with van der Waals surface area (Å²) in [5.74, 6) is 1.35. The number of esters is 1. The molecule has 0 saturated carbocycles. The lowest BCUT2D eigenvalue weighted by Crippen LogP contribution is -2.22. The topological polar surface area (TPSA) is 73.9 Å². The molecule has 0 bridgehead atoms. The van der Waals surface area contributed by atoms with Gasteiger partial charge in [0, 0.05) is 17.5 Å². The molecule has 0 aliphatic heterocycles. The number of carbonyl (C=O) groups is 2. The molecule has 0 aliphatic rings. The van der Waals surface area contributed by atoms with E-state index < -0.39 is 0 Å². The van der Waals surface area contributed by atoms with Crippen LogP contribution in [-0.4, -0.2) is 38.5 Å². The maximum atomic E-state index is 12.4. The molecule has 7 heteroatoms. The third kappa shape index (κ3) is 5.65. The summed E-state index contributed by atoms with van der Waals surface area (Å²) in [5, 5.41) is 2.63. The van der Waals surface area contributed by atoms with E-state index in [1.54, 1.807) is 44.6 Å². The minimum atomic E-state index is -0.364. The third-order valence-corrected chi connectivity index (χ3v) is 5.11. The first-order valence-electron chi connectivity index (χ1n) is 8.30. The van der Waals surface area contributed by atoms with Gasteiger partial charge in [-0.3, -0.25) is 4.79 Å². The van der Waals surface area contributed by atoms with Crippen molar-refractivity contribution in [2.24, 2.45) is 0 Å². The van der Waals surface area contributed by atoms with Crippen molar-refractivity contribution in [2.75, 3.05) is 26.6 Å². The van der Waals surface area contributed by atoms with Gasteiger partial charge in [0.2, 0.25) is 5.91 Å². The summed E-state index contributed by atoms with van der Waals surface area (Å²) < 4.78 is 15.1. The summed E-state index contributed by atoms with van der Waals surface area (Å²) in [6, 6.07) is 12.4. The Bertz CT molecular complexity index is 791. The molecule has 1 atom stereocenters.